The van der Waals surface area contributed by atoms with Crippen LogP contribution in [0.2, 0.25) is 0 Å². The van der Waals surface area contributed by atoms with Gasteiger partial charge in [-0.1, -0.05) is 0 Å². The molecule has 16 nitrogen and oxygen atoms in total. The molecule has 2 amide bonds. The first-order valence-corrected chi connectivity index (χ1v) is 13.7. The highest BCUT2D eigenvalue weighted by molar-refractivity contribution is 7.86. The summed E-state index contributed by atoms with van der Waals surface area (Å²) in [4.78, 5) is 21.7. The molecule has 0 aliphatic rings. The quantitative estimate of drug-likeness (QED) is 0.115. The Morgan fingerprint density at radius 2 is 1.00 bits per heavy atom. The number of benzene rings is 3. The Bertz CT molecular complexity index is 1670. The predicted molar refractivity (Wildman–Crippen MR) is 152 cm³/mol. The molecule has 0 fully saturated rings. The fourth-order valence-electron chi connectivity index (χ4n) is 3.14. The average molecular weight is 627 g/mol. The number of nitrogens with two attached hydrogens (primary N) is 2. The van der Waals surface area contributed by atoms with E-state index in [4.69, 9.17) is 11.5 Å². The maximum Gasteiger partial charge on any atom is 0.294 e. The summed E-state index contributed by atoms with van der Waals surface area (Å²) in [5.41, 5.74) is 12.0. The first-order valence-electron chi connectivity index (χ1n) is 10.8. The molecule has 41 heavy (non-hydrogen) atoms. The molecule has 0 bridgehead atoms. The van der Waals surface area contributed by atoms with E-state index in [1.807, 2.05) is 0 Å². The van der Waals surface area contributed by atoms with Crippen molar-refractivity contribution in [1.82, 2.24) is 0 Å². The number of hydrogen-bond acceptors (Lipinski definition) is 12. The van der Waals surface area contributed by atoms with E-state index >= 15 is 0 Å². The standard InChI is InChI=1S/C22H22N8O8S2.ClH/c1-11(31)25-13-3-15(7-17(5-13)39(33,34)35)27-29-21-10-22(20(24)9-19(21)23)30-28-16-4-14(26-12(2)32)6-18(8-16)40(36,37)38;/h3-10H,23-24H2,1-2H3,(H,25,31)(H,26,32)(H,33,34,35)(H,36,37,38);1H. The van der Waals surface area contributed by atoms with Gasteiger partial charge in [-0.3, -0.25) is 18.7 Å². The van der Waals surface area contributed by atoms with Gasteiger partial charge in [-0.25, -0.2) is 0 Å². The molecular weight excluding hydrogens is 604 g/mol. The van der Waals surface area contributed by atoms with Crippen molar-refractivity contribution in [1.29, 1.82) is 0 Å². The van der Waals surface area contributed by atoms with E-state index < -0.39 is 41.8 Å². The third-order valence-electron chi connectivity index (χ3n) is 4.74. The van der Waals surface area contributed by atoms with Gasteiger partial charge in [0.2, 0.25) is 11.8 Å². The number of nitrogens with zero attached hydrogens (tertiary/aromatic N) is 4. The van der Waals surface area contributed by atoms with Gasteiger partial charge in [0.1, 0.15) is 11.4 Å². The molecule has 0 aliphatic heterocycles. The summed E-state index contributed by atoms with van der Waals surface area (Å²) < 4.78 is 65.3. The Hall–Kier alpha value is -4.49. The first kappa shape index (κ1) is 32.7. The lowest BCUT2D eigenvalue weighted by Crippen LogP contribution is -2.07. The largest absolute Gasteiger partial charge is 0.397 e. The highest BCUT2D eigenvalue weighted by atomic mass is 35.5. The van der Waals surface area contributed by atoms with E-state index in [-0.39, 0.29) is 57.9 Å². The minimum atomic E-state index is -4.64. The van der Waals surface area contributed by atoms with Crippen LogP contribution in [-0.4, -0.2) is 37.8 Å². The van der Waals surface area contributed by atoms with Gasteiger partial charge in [0, 0.05) is 25.2 Å². The second-order valence-electron chi connectivity index (χ2n) is 8.11. The van der Waals surface area contributed by atoms with Crippen LogP contribution in [0.5, 0.6) is 0 Å². The Labute approximate surface area is 239 Å². The Kier molecular flexibility index (Phi) is 10.2. The van der Waals surface area contributed by atoms with E-state index in [1.54, 1.807) is 0 Å². The van der Waals surface area contributed by atoms with Crippen LogP contribution < -0.4 is 22.1 Å². The fourth-order valence-corrected chi connectivity index (χ4v) is 4.23. The van der Waals surface area contributed by atoms with Gasteiger partial charge in [0.25, 0.3) is 20.2 Å². The normalized spacial score (nSPS) is 11.8. The number of amides is 2. The molecular formula is C22H23ClN8O8S2. The number of carbonyl (C=O) groups excluding carboxylic acids is 2. The Balaban J connectivity index is 0.00000588. The molecule has 3 rings (SSSR count). The number of nitrogens with one attached hydrogen (secondary N) is 2. The van der Waals surface area contributed by atoms with Crippen LogP contribution in [0.15, 0.2) is 78.8 Å². The van der Waals surface area contributed by atoms with E-state index in [9.17, 15) is 35.5 Å². The molecule has 8 N–H and O–H groups in total. The molecule has 3 aromatic carbocycles. The highest BCUT2D eigenvalue weighted by Gasteiger charge is 2.15. The zero-order valence-corrected chi connectivity index (χ0v) is 23.6. The second kappa shape index (κ2) is 12.8. The van der Waals surface area contributed by atoms with Crippen LogP contribution >= 0.6 is 12.4 Å². The summed E-state index contributed by atoms with van der Waals surface area (Å²) in [5, 5.41) is 20.5. The third kappa shape index (κ3) is 9.29. The molecule has 0 saturated carbocycles. The molecule has 0 aliphatic carbocycles. The Morgan fingerprint density at radius 1 is 0.634 bits per heavy atom. The molecule has 0 aromatic heterocycles. The van der Waals surface area contributed by atoms with E-state index in [0.29, 0.717) is 0 Å². The summed E-state index contributed by atoms with van der Waals surface area (Å²) in [6.07, 6.45) is 0. The van der Waals surface area contributed by atoms with Crippen molar-refractivity contribution in [3.63, 3.8) is 0 Å². The summed E-state index contributed by atoms with van der Waals surface area (Å²) >= 11 is 0. The lowest BCUT2D eigenvalue weighted by Gasteiger charge is -2.07. The van der Waals surface area contributed by atoms with Crippen LogP contribution in [0.1, 0.15) is 13.8 Å². The minimum absolute atomic E-state index is 0. The number of halogens is 1. The van der Waals surface area contributed by atoms with Gasteiger partial charge in [0.05, 0.1) is 32.5 Å². The number of anilines is 4. The topological polar surface area (TPSA) is 268 Å². The highest BCUT2D eigenvalue weighted by Crippen LogP contribution is 2.36. The van der Waals surface area contributed by atoms with Crippen LogP contribution in [0.3, 0.4) is 0 Å². The van der Waals surface area contributed by atoms with Crippen molar-refractivity contribution in [3.8, 4) is 0 Å². The molecule has 0 unspecified atom stereocenters. The number of rotatable bonds is 8. The van der Waals surface area contributed by atoms with Crippen LogP contribution in [0.4, 0.5) is 45.5 Å². The SMILES string of the molecule is CC(=O)Nc1cc(N=Nc2cc(N=Nc3cc(NC(C)=O)cc(S(=O)(=O)O)c3)c(N)cc2N)cc(S(=O)(=O)O)c1.Cl. The lowest BCUT2D eigenvalue weighted by atomic mass is 10.2. The van der Waals surface area contributed by atoms with E-state index in [1.165, 1.54) is 38.1 Å². The van der Waals surface area contributed by atoms with Crippen molar-refractivity contribution in [2.75, 3.05) is 22.1 Å². The van der Waals surface area contributed by atoms with Gasteiger partial charge >= 0.3 is 0 Å². The van der Waals surface area contributed by atoms with Crippen molar-refractivity contribution in [2.24, 2.45) is 20.5 Å². The zero-order chi connectivity index (χ0) is 29.8. The average Bonchev–Trinajstić information content (AvgIpc) is 2.80. The van der Waals surface area contributed by atoms with Crippen molar-refractivity contribution in [2.45, 2.75) is 23.6 Å². The fraction of sp³-hybridized carbons (Fsp3) is 0.0909. The molecule has 218 valence electrons. The number of nitrogen functional groups attached to an aromatic ring is 2. The molecule has 0 heterocycles. The number of hydrogen-bond donors (Lipinski definition) is 6. The van der Waals surface area contributed by atoms with Crippen molar-refractivity contribution in [3.05, 3.63) is 48.5 Å². The van der Waals surface area contributed by atoms with Crippen molar-refractivity contribution >= 4 is 90.0 Å². The van der Waals surface area contributed by atoms with Crippen LogP contribution in [-0.2, 0) is 29.8 Å². The molecule has 19 heteroatoms. The third-order valence-corrected chi connectivity index (χ3v) is 6.40. The van der Waals surface area contributed by atoms with Gasteiger partial charge in [0.15, 0.2) is 0 Å². The molecule has 0 radical (unpaired) electrons. The smallest absolute Gasteiger partial charge is 0.294 e. The van der Waals surface area contributed by atoms with Crippen molar-refractivity contribution < 1.29 is 35.5 Å². The number of carbonyl (C=O) groups is 2. The minimum Gasteiger partial charge on any atom is -0.397 e. The van der Waals surface area contributed by atoms with E-state index in [2.05, 4.69) is 31.1 Å². The maximum atomic E-state index is 11.6. The summed E-state index contributed by atoms with van der Waals surface area (Å²) in [5.74, 6) is -1.00. The van der Waals surface area contributed by atoms with Crippen LogP contribution in [0, 0.1) is 0 Å². The lowest BCUT2D eigenvalue weighted by molar-refractivity contribution is -0.115. The summed E-state index contributed by atoms with van der Waals surface area (Å²) in [6, 6.07) is 9.23. The van der Waals surface area contributed by atoms with Gasteiger partial charge < -0.3 is 22.1 Å². The first-order chi connectivity index (χ1) is 18.5. The van der Waals surface area contributed by atoms with Gasteiger partial charge in [-0.2, -0.15) is 27.1 Å². The monoisotopic (exact) mass is 626 g/mol. The number of azo groups is 2. The second-order valence-corrected chi connectivity index (χ2v) is 11.0. The molecule has 0 spiro atoms. The van der Waals surface area contributed by atoms with E-state index in [0.717, 1.165) is 24.3 Å². The van der Waals surface area contributed by atoms with Crippen LogP contribution in [0.25, 0.3) is 0 Å². The Morgan fingerprint density at radius 3 is 1.32 bits per heavy atom. The maximum absolute atomic E-state index is 11.6. The van der Waals surface area contributed by atoms with Gasteiger partial charge in [-0.05, 0) is 48.5 Å². The molecule has 0 atom stereocenters. The predicted octanol–water partition coefficient (Wildman–Crippen LogP) is 4.51. The zero-order valence-electron chi connectivity index (χ0n) is 21.1. The molecule has 3 aromatic rings. The van der Waals surface area contributed by atoms with Gasteiger partial charge in [-0.15, -0.1) is 22.6 Å². The molecule has 0 saturated heterocycles. The summed E-state index contributed by atoms with van der Waals surface area (Å²) in [7, 11) is -9.28. The summed E-state index contributed by atoms with van der Waals surface area (Å²) in [6.45, 7) is 2.40.